The summed E-state index contributed by atoms with van der Waals surface area (Å²) >= 11 is 0. The molecule has 1 rings (SSSR count). The van der Waals surface area contributed by atoms with Crippen molar-refractivity contribution >= 4 is 5.96 Å². The number of nitrogens with one attached hydrogen (secondary N) is 1. The largest absolute Gasteiger partial charge is 0.391 e. The predicted molar refractivity (Wildman–Crippen MR) is 44.3 cm³/mol. The highest BCUT2D eigenvalue weighted by molar-refractivity contribution is 5.78. The number of hydrogen-bond donors (Lipinski definition) is 3. The lowest BCUT2D eigenvalue weighted by molar-refractivity contribution is 0.204. The van der Waals surface area contributed by atoms with Gasteiger partial charge in [-0.3, -0.25) is 4.99 Å². The molecule has 4 N–H and O–H groups in total. The van der Waals surface area contributed by atoms with Gasteiger partial charge in [-0.25, -0.2) is 0 Å². The molecule has 0 radical (unpaired) electrons. The molecule has 11 heavy (non-hydrogen) atoms. The van der Waals surface area contributed by atoms with E-state index in [1.54, 1.807) is 6.92 Å². The van der Waals surface area contributed by atoms with Crippen molar-refractivity contribution in [3.8, 4) is 0 Å². The summed E-state index contributed by atoms with van der Waals surface area (Å²) in [6, 6.07) is 0.535. The van der Waals surface area contributed by atoms with E-state index in [1.165, 1.54) is 12.8 Å². The zero-order valence-electron chi connectivity index (χ0n) is 6.75. The molecule has 1 saturated carbocycles. The minimum Gasteiger partial charge on any atom is -0.391 e. The first-order chi connectivity index (χ1) is 5.18. The van der Waals surface area contributed by atoms with E-state index in [2.05, 4.69) is 10.3 Å². The van der Waals surface area contributed by atoms with Crippen molar-refractivity contribution in [3.63, 3.8) is 0 Å². The Morgan fingerprint density at radius 1 is 1.82 bits per heavy atom. The molecule has 0 aliphatic heterocycles. The van der Waals surface area contributed by atoms with Crippen LogP contribution in [0.3, 0.4) is 0 Å². The van der Waals surface area contributed by atoms with Crippen molar-refractivity contribution in [2.45, 2.75) is 31.9 Å². The normalized spacial score (nSPS) is 21.5. The third-order valence-corrected chi connectivity index (χ3v) is 1.46. The molecule has 1 unspecified atom stereocenters. The first-order valence-corrected chi connectivity index (χ1v) is 3.93. The molecular weight excluding hydrogens is 142 g/mol. The zero-order chi connectivity index (χ0) is 8.27. The van der Waals surface area contributed by atoms with Crippen LogP contribution >= 0.6 is 0 Å². The van der Waals surface area contributed by atoms with Crippen LogP contribution < -0.4 is 11.1 Å². The SMILES string of the molecule is CC(O)CN=C(N)NC1CC1. The topological polar surface area (TPSA) is 70.6 Å². The number of rotatable bonds is 3. The maximum atomic E-state index is 8.86. The van der Waals surface area contributed by atoms with Gasteiger partial charge >= 0.3 is 0 Å². The fourth-order valence-electron chi connectivity index (χ4n) is 0.713. The lowest BCUT2D eigenvalue weighted by Gasteiger charge is -2.03. The molecule has 1 aliphatic carbocycles. The summed E-state index contributed by atoms with van der Waals surface area (Å²) < 4.78 is 0. The monoisotopic (exact) mass is 157 g/mol. The average Bonchev–Trinajstić information content (AvgIpc) is 2.67. The number of guanidine groups is 1. The minimum absolute atomic E-state index is 0.381. The summed E-state index contributed by atoms with van der Waals surface area (Å²) in [6.07, 6.45) is 1.96. The van der Waals surface area contributed by atoms with E-state index in [0.717, 1.165) is 0 Å². The Bertz CT molecular complexity index is 152. The summed E-state index contributed by atoms with van der Waals surface area (Å²) in [5, 5.41) is 11.9. The summed E-state index contributed by atoms with van der Waals surface area (Å²) in [4.78, 5) is 3.94. The molecule has 0 aromatic heterocycles. The number of hydrogen-bond acceptors (Lipinski definition) is 2. The van der Waals surface area contributed by atoms with E-state index < -0.39 is 6.10 Å². The molecule has 4 heteroatoms. The highest BCUT2D eigenvalue weighted by Crippen LogP contribution is 2.17. The van der Waals surface area contributed by atoms with Crippen LogP contribution in [0.4, 0.5) is 0 Å². The summed E-state index contributed by atoms with van der Waals surface area (Å²) in [6.45, 7) is 2.07. The van der Waals surface area contributed by atoms with Crippen LogP contribution in [0, 0.1) is 0 Å². The fourth-order valence-corrected chi connectivity index (χ4v) is 0.713. The quantitative estimate of drug-likeness (QED) is 0.379. The number of aliphatic hydroxyl groups is 1. The molecule has 0 spiro atoms. The molecule has 4 nitrogen and oxygen atoms in total. The zero-order valence-corrected chi connectivity index (χ0v) is 6.75. The van der Waals surface area contributed by atoms with Crippen LogP contribution in [-0.4, -0.2) is 29.8 Å². The Labute approximate surface area is 66.5 Å². The lowest BCUT2D eigenvalue weighted by Crippen LogP contribution is -2.34. The van der Waals surface area contributed by atoms with Gasteiger partial charge in [0.2, 0.25) is 0 Å². The Morgan fingerprint density at radius 3 is 2.91 bits per heavy atom. The van der Waals surface area contributed by atoms with Crippen LogP contribution in [0.2, 0.25) is 0 Å². The lowest BCUT2D eigenvalue weighted by atomic mass is 10.4. The van der Waals surface area contributed by atoms with Gasteiger partial charge in [-0.2, -0.15) is 0 Å². The molecule has 64 valence electrons. The standard InChI is InChI=1S/C7H15N3O/c1-5(11)4-9-7(8)10-6-2-3-6/h5-6,11H,2-4H2,1H3,(H3,8,9,10). The highest BCUT2D eigenvalue weighted by atomic mass is 16.3. The van der Waals surface area contributed by atoms with E-state index in [9.17, 15) is 0 Å². The summed E-state index contributed by atoms with van der Waals surface area (Å²) in [5.41, 5.74) is 5.49. The van der Waals surface area contributed by atoms with Gasteiger partial charge in [-0.05, 0) is 19.8 Å². The van der Waals surface area contributed by atoms with Gasteiger partial charge in [0.25, 0.3) is 0 Å². The molecule has 0 aromatic rings. The van der Waals surface area contributed by atoms with Gasteiger partial charge in [0.1, 0.15) is 0 Å². The second kappa shape index (κ2) is 3.57. The van der Waals surface area contributed by atoms with Crippen molar-refractivity contribution in [1.29, 1.82) is 0 Å². The summed E-state index contributed by atoms with van der Waals surface area (Å²) in [7, 11) is 0. The molecule has 0 bridgehead atoms. The van der Waals surface area contributed by atoms with Crippen LogP contribution in [0.25, 0.3) is 0 Å². The Hall–Kier alpha value is -0.770. The number of aliphatic hydroxyl groups excluding tert-OH is 1. The molecular formula is C7H15N3O. The van der Waals surface area contributed by atoms with Gasteiger partial charge in [0.05, 0.1) is 12.6 Å². The van der Waals surface area contributed by atoms with E-state index in [-0.39, 0.29) is 0 Å². The first kappa shape index (κ1) is 8.33. The van der Waals surface area contributed by atoms with Crippen molar-refractivity contribution in [2.24, 2.45) is 10.7 Å². The second-order valence-electron chi connectivity index (χ2n) is 2.99. The number of nitrogens with two attached hydrogens (primary N) is 1. The summed E-state index contributed by atoms with van der Waals surface area (Å²) in [5.74, 6) is 0.452. The van der Waals surface area contributed by atoms with Gasteiger partial charge < -0.3 is 16.2 Å². The van der Waals surface area contributed by atoms with Gasteiger partial charge in [0, 0.05) is 6.04 Å². The molecule has 1 aliphatic rings. The molecule has 1 fully saturated rings. The van der Waals surface area contributed by atoms with Crippen LogP contribution in [0.5, 0.6) is 0 Å². The van der Waals surface area contributed by atoms with Crippen LogP contribution in [0.1, 0.15) is 19.8 Å². The van der Waals surface area contributed by atoms with Crippen LogP contribution in [0.15, 0.2) is 4.99 Å². The van der Waals surface area contributed by atoms with Crippen molar-refractivity contribution in [1.82, 2.24) is 5.32 Å². The highest BCUT2D eigenvalue weighted by Gasteiger charge is 2.21. The van der Waals surface area contributed by atoms with E-state index in [0.29, 0.717) is 18.5 Å². The van der Waals surface area contributed by atoms with E-state index in [4.69, 9.17) is 10.8 Å². The van der Waals surface area contributed by atoms with Gasteiger partial charge in [0.15, 0.2) is 5.96 Å². The Kier molecular flexibility index (Phi) is 2.70. The van der Waals surface area contributed by atoms with E-state index >= 15 is 0 Å². The molecule has 0 aromatic carbocycles. The molecule has 0 saturated heterocycles. The van der Waals surface area contributed by atoms with Gasteiger partial charge in [-0.15, -0.1) is 0 Å². The van der Waals surface area contributed by atoms with Crippen LogP contribution in [-0.2, 0) is 0 Å². The predicted octanol–water partition coefficient (Wildman–Crippen LogP) is -0.566. The maximum absolute atomic E-state index is 8.86. The molecule has 0 heterocycles. The van der Waals surface area contributed by atoms with Gasteiger partial charge in [-0.1, -0.05) is 0 Å². The molecule has 0 amide bonds. The first-order valence-electron chi connectivity index (χ1n) is 3.93. The smallest absolute Gasteiger partial charge is 0.188 e. The minimum atomic E-state index is -0.408. The van der Waals surface area contributed by atoms with E-state index in [1.807, 2.05) is 0 Å². The average molecular weight is 157 g/mol. The van der Waals surface area contributed by atoms with Crippen molar-refractivity contribution in [3.05, 3.63) is 0 Å². The Morgan fingerprint density at radius 2 is 2.45 bits per heavy atom. The fraction of sp³-hybridized carbons (Fsp3) is 0.857. The third kappa shape index (κ3) is 3.83. The van der Waals surface area contributed by atoms with Crippen molar-refractivity contribution in [2.75, 3.05) is 6.54 Å². The number of nitrogens with zero attached hydrogens (tertiary/aromatic N) is 1. The van der Waals surface area contributed by atoms with Crippen molar-refractivity contribution < 1.29 is 5.11 Å². The second-order valence-corrected chi connectivity index (χ2v) is 2.99. The maximum Gasteiger partial charge on any atom is 0.188 e. The molecule has 1 atom stereocenters. The number of aliphatic imine (C=N–C) groups is 1. The third-order valence-electron chi connectivity index (χ3n) is 1.46. The Balaban J connectivity index is 2.15.